The van der Waals surface area contributed by atoms with Gasteiger partial charge in [-0.1, -0.05) is 26.0 Å². The molecule has 90 valence electrons. The van der Waals surface area contributed by atoms with Crippen LogP contribution in [0.15, 0.2) is 18.2 Å². The summed E-state index contributed by atoms with van der Waals surface area (Å²) in [6, 6.07) is 5.66. The number of para-hydroxylation sites is 1. The molecule has 0 aliphatic rings. The van der Waals surface area contributed by atoms with Gasteiger partial charge >= 0.3 is 0 Å². The van der Waals surface area contributed by atoms with Gasteiger partial charge in [-0.2, -0.15) is 0 Å². The van der Waals surface area contributed by atoms with Crippen molar-refractivity contribution in [2.24, 2.45) is 0 Å². The third kappa shape index (κ3) is 3.14. The van der Waals surface area contributed by atoms with E-state index in [-0.39, 0.29) is 5.75 Å². The molecule has 1 N–H and O–H groups in total. The minimum atomic E-state index is 0.274. The molecule has 0 saturated heterocycles. The van der Waals surface area contributed by atoms with Gasteiger partial charge in [0, 0.05) is 12.1 Å². The van der Waals surface area contributed by atoms with E-state index in [9.17, 15) is 5.11 Å². The van der Waals surface area contributed by atoms with Crippen molar-refractivity contribution in [3.8, 4) is 11.5 Å². The molecular weight excluding hydrogens is 202 g/mol. The van der Waals surface area contributed by atoms with Gasteiger partial charge in [-0.05, 0) is 26.1 Å². The smallest absolute Gasteiger partial charge is 0.162 e. The molecule has 3 heteroatoms. The molecule has 3 nitrogen and oxygen atoms in total. The fourth-order valence-electron chi connectivity index (χ4n) is 1.66. The molecule has 0 atom stereocenters. The van der Waals surface area contributed by atoms with Gasteiger partial charge in [-0.15, -0.1) is 0 Å². The van der Waals surface area contributed by atoms with Gasteiger partial charge in [0.15, 0.2) is 11.5 Å². The molecule has 0 aromatic heterocycles. The summed E-state index contributed by atoms with van der Waals surface area (Å²) in [6.45, 7) is 9.45. The molecule has 1 aromatic carbocycles. The number of phenolic OH excluding ortho intramolecular Hbond substituents is 1. The van der Waals surface area contributed by atoms with Crippen LogP contribution >= 0.6 is 0 Å². The van der Waals surface area contributed by atoms with Crippen LogP contribution in [0.5, 0.6) is 11.5 Å². The maximum absolute atomic E-state index is 10.0. The van der Waals surface area contributed by atoms with Crippen molar-refractivity contribution in [2.75, 3.05) is 19.7 Å². The van der Waals surface area contributed by atoms with Gasteiger partial charge in [0.1, 0.15) is 0 Å². The van der Waals surface area contributed by atoms with E-state index in [1.54, 1.807) is 6.07 Å². The van der Waals surface area contributed by atoms with Crippen molar-refractivity contribution in [1.82, 2.24) is 4.90 Å². The number of rotatable bonds is 6. The van der Waals surface area contributed by atoms with Crippen LogP contribution in [-0.2, 0) is 6.54 Å². The van der Waals surface area contributed by atoms with Crippen LogP contribution < -0.4 is 4.74 Å². The van der Waals surface area contributed by atoms with Crippen LogP contribution in [0.2, 0.25) is 0 Å². The number of nitrogens with zero attached hydrogens (tertiary/aromatic N) is 1. The van der Waals surface area contributed by atoms with Crippen LogP contribution in [0, 0.1) is 0 Å². The van der Waals surface area contributed by atoms with Gasteiger partial charge in [-0.25, -0.2) is 0 Å². The Morgan fingerprint density at radius 1 is 1.19 bits per heavy atom. The van der Waals surface area contributed by atoms with Crippen LogP contribution in [0.4, 0.5) is 0 Å². The molecular formula is C13H21NO2. The number of phenols is 1. The summed E-state index contributed by atoms with van der Waals surface area (Å²) < 4.78 is 5.36. The predicted molar refractivity (Wildman–Crippen MR) is 65.9 cm³/mol. The quantitative estimate of drug-likeness (QED) is 0.804. The first-order valence-corrected chi connectivity index (χ1v) is 5.88. The zero-order valence-electron chi connectivity index (χ0n) is 10.4. The van der Waals surface area contributed by atoms with Crippen molar-refractivity contribution in [1.29, 1.82) is 0 Å². The lowest BCUT2D eigenvalue weighted by molar-refractivity contribution is 0.283. The maximum atomic E-state index is 10.0. The van der Waals surface area contributed by atoms with Crippen LogP contribution in [0.1, 0.15) is 26.3 Å². The molecule has 1 rings (SSSR count). The summed E-state index contributed by atoms with van der Waals surface area (Å²) in [5.41, 5.74) is 0.926. The molecule has 0 spiro atoms. The van der Waals surface area contributed by atoms with Crippen molar-refractivity contribution in [2.45, 2.75) is 27.3 Å². The molecule has 0 amide bonds. The summed E-state index contributed by atoms with van der Waals surface area (Å²) in [6.07, 6.45) is 0. The Hall–Kier alpha value is -1.22. The number of aromatic hydroxyl groups is 1. The van der Waals surface area contributed by atoms with Crippen molar-refractivity contribution in [3.63, 3.8) is 0 Å². The minimum absolute atomic E-state index is 0.274. The molecule has 0 heterocycles. The highest BCUT2D eigenvalue weighted by molar-refractivity contribution is 5.45. The third-order valence-corrected chi connectivity index (χ3v) is 2.67. The number of hydrogen-bond donors (Lipinski definition) is 1. The summed E-state index contributed by atoms with van der Waals surface area (Å²) in [5.74, 6) is 0.850. The van der Waals surface area contributed by atoms with Gasteiger partial charge in [0.25, 0.3) is 0 Å². The van der Waals surface area contributed by atoms with E-state index in [2.05, 4.69) is 18.7 Å². The monoisotopic (exact) mass is 223 g/mol. The summed E-state index contributed by atoms with van der Waals surface area (Å²) in [5, 5.41) is 10.0. The molecule has 0 fully saturated rings. The topological polar surface area (TPSA) is 32.7 Å². The average molecular weight is 223 g/mol. The fraction of sp³-hybridized carbons (Fsp3) is 0.538. The van der Waals surface area contributed by atoms with Crippen molar-refractivity contribution in [3.05, 3.63) is 23.8 Å². The van der Waals surface area contributed by atoms with E-state index < -0.39 is 0 Å². The Labute approximate surface area is 97.7 Å². The van der Waals surface area contributed by atoms with E-state index >= 15 is 0 Å². The largest absolute Gasteiger partial charge is 0.504 e. The Balaban J connectivity index is 2.83. The van der Waals surface area contributed by atoms with E-state index in [0.29, 0.717) is 12.4 Å². The first-order valence-electron chi connectivity index (χ1n) is 5.88. The Morgan fingerprint density at radius 3 is 2.44 bits per heavy atom. The maximum Gasteiger partial charge on any atom is 0.162 e. The number of hydrogen-bond acceptors (Lipinski definition) is 3. The lowest BCUT2D eigenvalue weighted by atomic mass is 10.1. The molecule has 0 aliphatic carbocycles. The Bertz CT molecular complexity index is 322. The van der Waals surface area contributed by atoms with Crippen molar-refractivity contribution < 1.29 is 9.84 Å². The second-order valence-electron chi connectivity index (χ2n) is 3.66. The zero-order valence-corrected chi connectivity index (χ0v) is 10.4. The zero-order chi connectivity index (χ0) is 12.0. The number of benzene rings is 1. The first kappa shape index (κ1) is 12.8. The second kappa shape index (κ2) is 6.38. The van der Waals surface area contributed by atoms with Gasteiger partial charge in [0.2, 0.25) is 0 Å². The van der Waals surface area contributed by atoms with Crippen LogP contribution in [-0.4, -0.2) is 29.7 Å². The highest BCUT2D eigenvalue weighted by atomic mass is 16.5. The van der Waals surface area contributed by atoms with Gasteiger partial charge in [0.05, 0.1) is 6.61 Å². The van der Waals surface area contributed by atoms with Gasteiger partial charge < -0.3 is 9.84 Å². The van der Waals surface area contributed by atoms with E-state index in [1.165, 1.54) is 0 Å². The highest BCUT2D eigenvalue weighted by Gasteiger charge is 2.09. The minimum Gasteiger partial charge on any atom is -0.504 e. The summed E-state index contributed by atoms with van der Waals surface area (Å²) >= 11 is 0. The van der Waals surface area contributed by atoms with E-state index in [4.69, 9.17) is 4.74 Å². The van der Waals surface area contributed by atoms with E-state index in [1.807, 2.05) is 19.1 Å². The SMILES string of the molecule is CCOc1cccc(CN(CC)CC)c1O. The molecule has 0 saturated carbocycles. The second-order valence-corrected chi connectivity index (χ2v) is 3.66. The van der Waals surface area contributed by atoms with Crippen LogP contribution in [0.3, 0.4) is 0 Å². The molecule has 1 aromatic rings. The summed E-state index contributed by atoms with van der Waals surface area (Å²) in [4.78, 5) is 2.25. The van der Waals surface area contributed by atoms with Crippen LogP contribution in [0.25, 0.3) is 0 Å². The lowest BCUT2D eigenvalue weighted by Crippen LogP contribution is -2.22. The van der Waals surface area contributed by atoms with E-state index in [0.717, 1.165) is 25.2 Å². The van der Waals surface area contributed by atoms with Crippen molar-refractivity contribution >= 4 is 0 Å². The Morgan fingerprint density at radius 2 is 1.88 bits per heavy atom. The predicted octanol–water partition coefficient (Wildman–Crippen LogP) is 2.63. The molecule has 0 radical (unpaired) electrons. The number of ether oxygens (including phenoxy) is 1. The molecule has 16 heavy (non-hydrogen) atoms. The van der Waals surface area contributed by atoms with Gasteiger partial charge in [-0.3, -0.25) is 4.90 Å². The molecule has 0 unspecified atom stereocenters. The standard InChI is InChI=1S/C13H21NO2/c1-4-14(5-2)10-11-8-7-9-12(13(11)15)16-6-3/h7-9,15H,4-6,10H2,1-3H3. The Kier molecular flexibility index (Phi) is 5.12. The molecule has 0 bridgehead atoms. The highest BCUT2D eigenvalue weighted by Crippen LogP contribution is 2.30. The normalized spacial score (nSPS) is 10.8. The fourth-order valence-corrected chi connectivity index (χ4v) is 1.66. The molecule has 0 aliphatic heterocycles. The lowest BCUT2D eigenvalue weighted by Gasteiger charge is -2.19. The average Bonchev–Trinajstić information content (AvgIpc) is 2.30. The summed E-state index contributed by atoms with van der Waals surface area (Å²) in [7, 11) is 0. The third-order valence-electron chi connectivity index (χ3n) is 2.67. The first-order chi connectivity index (χ1) is 7.72.